The first kappa shape index (κ1) is 30.2. The number of hydrogen-bond acceptors (Lipinski definition) is 9. The van der Waals surface area contributed by atoms with Crippen LogP contribution >= 0.6 is 22.6 Å². The van der Waals surface area contributed by atoms with Crippen LogP contribution in [0.2, 0.25) is 0 Å². The van der Waals surface area contributed by atoms with E-state index in [0.717, 1.165) is 0 Å². The monoisotopic (exact) mass is 666 g/mol. The SMILES string of the molecule is CCOC(=O)C1=C(C)NC(=O)N[C@H]1c1ccc(OCC(=O)N/N=C\c2ccc(OCC(=O)O)c(I)c2)c(OC)c1. The molecule has 1 heterocycles. The number of aliphatic carboxylic acids is 1. The Morgan fingerprint density at radius 2 is 1.82 bits per heavy atom. The van der Waals surface area contributed by atoms with Gasteiger partial charge in [-0.15, -0.1) is 0 Å². The number of halogens is 1. The molecule has 0 fully saturated rings. The first-order valence-corrected chi connectivity index (χ1v) is 12.9. The highest BCUT2D eigenvalue weighted by atomic mass is 127. The van der Waals surface area contributed by atoms with Crippen molar-refractivity contribution < 1.29 is 43.2 Å². The van der Waals surface area contributed by atoms with E-state index in [9.17, 15) is 19.2 Å². The number of carbonyl (C=O) groups excluding carboxylic acids is 3. The van der Waals surface area contributed by atoms with Gasteiger partial charge in [-0.2, -0.15) is 5.10 Å². The Bertz CT molecular complexity index is 1360. The Morgan fingerprint density at radius 1 is 1.10 bits per heavy atom. The Hall–Kier alpha value is -4.34. The summed E-state index contributed by atoms with van der Waals surface area (Å²) in [6, 6.07) is 8.53. The summed E-state index contributed by atoms with van der Waals surface area (Å²) in [5, 5.41) is 17.9. The van der Waals surface area contributed by atoms with E-state index in [4.69, 9.17) is 24.1 Å². The zero-order chi connectivity index (χ0) is 29.2. The van der Waals surface area contributed by atoms with E-state index in [0.29, 0.717) is 26.1 Å². The van der Waals surface area contributed by atoms with E-state index in [2.05, 4.69) is 21.2 Å². The molecule has 1 atom stereocenters. The first-order valence-electron chi connectivity index (χ1n) is 11.8. The van der Waals surface area contributed by atoms with E-state index in [-0.39, 0.29) is 30.3 Å². The number of amides is 3. The smallest absolute Gasteiger partial charge is 0.341 e. The molecule has 0 bridgehead atoms. The fourth-order valence-corrected chi connectivity index (χ4v) is 4.31. The van der Waals surface area contributed by atoms with Crippen molar-refractivity contribution in [1.29, 1.82) is 0 Å². The summed E-state index contributed by atoms with van der Waals surface area (Å²) in [6.07, 6.45) is 1.42. The lowest BCUT2D eigenvalue weighted by atomic mass is 9.95. The third-order valence-electron chi connectivity index (χ3n) is 5.35. The molecule has 0 saturated carbocycles. The Balaban J connectivity index is 1.63. The van der Waals surface area contributed by atoms with Gasteiger partial charge in [0.25, 0.3) is 5.91 Å². The van der Waals surface area contributed by atoms with Crippen molar-refractivity contribution in [3.05, 3.63) is 62.4 Å². The highest BCUT2D eigenvalue weighted by molar-refractivity contribution is 14.1. The Morgan fingerprint density at radius 3 is 2.50 bits per heavy atom. The zero-order valence-corrected chi connectivity index (χ0v) is 23.9. The highest BCUT2D eigenvalue weighted by Gasteiger charge is 2.32. The minimum atomic E-state index is -1.08. The van der Waals surface area contributed by atoms with E-state index in [1.165, 1.54) is 13.3 Å². The van der Waals surface area contributed by atoms with Crippen LogP contribution in [0.3, 0.4) is 0 Å². The van der Waals surface area contributed by atoms with Crippen LogP contribution in [0.15, 0.2) is 52.8 Å². The van der Waals surface area contributed by atoms with Crippen LogP contribution in [0.5, 0.6) is 17.2 Å². The number of hydrazone groups is 1. The largest absolute Gasteiger partial charge is 0.493 e. The van der Waals surface area contributed by atoms with Gasteiger partial charge in [-0.25, -0.2) is 19.8 Å². The third kappa shape index (κ3) is 8.08. The van der Waals surface area contributed by atoms with E-state index in [1.54, 1.807) is 50.2 Å². The van der Waals surface area contributed by atoms with Gasteiger partial charge in [0.2, 0.25) is 0 Å². The number of benzene rings is 2. The van der Waals surface area contributed by atoms with Crippen LogP contribution in [0, 0.1) is 3.57 Å². The van der Waals surface area contributed by atoms with Gasteiger partial charge in [-0.1, -0.05) is 6.07 Å². The predicted octanol–water partition coefficient (Wildman–Crippen LogP) is 2.48. The number of carboxylic acids is 1. The van der Waals surface area contributed by atoms with Crippen LogP contribution in [0.25, 0.3) is 0 Å². The first-order chi connectivity index (χ1) is 19.1. The lowest BCUT2D eigenvalue weighted by molar-refractivity contribution is -0.140. The number of hydrogen-bond donors (Lipinski definition) is 4. The number of carbonyl (C=O) groups is 4. The number of ether oxygens (including phenoxy) is 4. The molecule has 212 valence electrons. The maximum Gasteiger partial charge on any atom is 0.341 e. The Labute approximate surface area is 243 Å². The standard InChI is InChI=1S/C26H27IN4O9/c1-4-38-25(35)23-14(2)29-26(36)30-24(23)16-6-8-19(20(10-16)37-3)39-12-21(32)31-28-11-15-5-7-18(17(27)9-15)40-13-22(33)34/h5-11,24H,4,12-13H2,1-3H3,(H,31,32)(H,33,34)(H2,29,30,36)/b28-11-/t24-/m0/s1. The lowest BCUT2D eigenvalue weighted by Crippen LogP contribution is -2.45. The van der Waals surface area contributed by atoms with Crippen LogP contribution in [0.4, 0.5) is 4.79 Å². The second-order valence-electron chi connectivity index (χ2n) is 8.16. The van der Waals surface area contributed by atoms with Gasteiger partial charge in [0.05, 0.1) is 35.1 Å². The number of esters is 1. The summed E-state index contributed by atoms with van der Waals surface area (Å²) in [5.74, 6) is -1.22. The molecule has 40 heavy (non-hydrogen) atoms. The maximum atomic E-state index is 12.5. The number of urea groups is 1. The molecule has 2 aromatic rings. The molecule has 0 unspecified atom stereocenters. The van der Waals surface area contributed by atoms with Crippen LogP contribution in [-0.4, -0.2) is 62.1 Å². The molecule has 0 radical (unpaired) electrons. The van der Waals surface area contributed by atoms with Crippen molar-refractivity contribution in [3.8, 4) is 17.2 Å². The van der Waals surface area contributed by atoms with Crippen molar-refractivity contribution in [2.75, 3.05) is 26.9 Å². The van der Waals surface area contributed by atoms with Crippen LogP contribution in [0.1, 0.15) is 31.0 Å². The zero-order valence-electron chi connectivity index (χ0n) is 21.8. The molecule has 14 heteroatoms. The summed E-state index contributed by atoms with van der Waals surface area (Å²) >= 11 is 2.00. The average Bonchev–Trinajstić information content (AvgIpc) is 2.90. The van der Waals surface area contributed by atoms with Crippen molar-refractivity contribution in [2.24, 2.45) is 5.10 Å². The summed E-state index contributed by atoms with van der Waals surface area (Å²) in [7, 11) is 1.42. The summed E-state index contributed by atoms with van der Waals surface area (Å²) < 4.78 is 22.0. The van der Waals surface area contributed by atoms with Crippen molar-refractivity contribution in [1.82, 2.24) is 16.1 Å². The third-order valence-corrected chi connectivity index (χ3v) is 6.20. The van der Waals surface area contributed by atoms with Gasteiger partial charge >= 0.3 is 18.0 Å². The molecule has 0 aromatic heterocycles. The molecular weight excluding hydrogens is 639 g/mol. The fraction of sp³-hybridized carbons (Fsp3) is 0.269. The molecule has 2 aromatic carbocycles. The number of allylic oxidation sites excluding steroid dienone is 1. The maximum absolute atomic E-state index is 12.5. The second-order valence-corrected chi connectivity index (χ2v) is 9.32. The van der Waals surface area contributed by atoms with Crippen molar-refractivity contribution in [2.45, 2.75) is 19.9 Å². The Kier molecular flexibility index (Phi) is 10.7. The van der Waals surface area contributed by atoms with Crippen LogP contribution in [-0.2, 0) is 19.1 Å². The molecule has 13 nitrogen and oxygen atoms in total. The predicted molar refractivity (Wildman–Crippen MR) is 150 cm³/mol. The second kappa shape index (κ2) is 14.2. The molecule has 3 rings (SSSR count). The highest BCUT2D eigenvalue weighted by Crippen LogP contribution is 2.34. The fourth-order valence-electron chi connectivity index (χ4n) is 3.61. The van der Waals surface area contributed by atoms with Crippen LogP contribution < -0.4 is 30.3 Å². The van der Waals surface area contributed by atoms with Gasteiger partial charge in [0.15, 0.2) is 24.7 Å². The number of nitrogens with one attached hydrogen (secondary N) is 3. The molecule has 0 spiro atoms. The lowest BCUT2D eigenvalue weighted by Gasteiger charge is -2.28. The van der Waals surface area contributed by atoms with Gasteiger partial charge in [0, 0.05) is 5.70 Å². The average molecular weight is 666 g/mol. The van der Waals surface area contributed by atoms with Gasteiger partial charge in [-0.3, -0.25) is 4.79 Å². The molecule has 4 N–H and O–H groups in total. The summed E-state index contributed by atoms with van der Waals surface area (Å²) in [6.45, 7) is 2.65. The van der Waals surface area contributed by atoms with Gasteiger partial charge in [0.1, 0.15) is 5.75 Å². The molecule has 3 amide bonds. The summed E-state index contributed by atoms with van der Waals surface area (Å²) in [5.41, 5.74) is 4.19. The normalized spacial score (nSPS) is 14.7. The summed E-state index contributed by atoms with van der Waals surface area (Å²) in [4.78, 5) is 47.6. The number of carboxylic acid groups (broad SMARTS) is 1. The molecule has 1 aliphatic rings. The van der Waals surface area contributed by atoms with Crippen molar-refractivity contribution in [3.63, 3.8) is 0 Å². The van der Waals surface area contributed by atoms with Gasteiger partial charge < -0.3 is 34.7 Å². The van der Waals surface area contributed by atoms with E-state index in [1.807, 2.05) is 22.6 Å². The van der Waals surface area contributed by atoms with Crippen molar-refractivity contribution >= 4 is 52.7 Å². The topological polar surface area (TPSA) is 174 Å². The van der Waals surface area contributed by atoms with E-state index >= 15 is 0 Å². The number of rotatable bonds is 12. The molecule has 0 saturated heterocycles. The number of nitrogens with zero attached hydrogens (tertiary/aromatic N) is 1. The molecular formula is C26H27IN4O9. The van der Waals surface area contributed by atoms with E-state index < -0.39 is 36.5 Å². The van der Waals surface area contributed by atoms with Gasteiger partial charge in [-0.05, 0) is 77.9 Å². The minimum absolute atomic E-state index is 0.174. The molecule has 1 aliphatic heterocycles. The minimum Gasteiger partial charge on any atom is -0.493 e. The quantitative estimate of drug-likeness (QED) is 0.115. The number of methoxy groups -OCH3 is 1. The molecule has 0 aliphatic carbocycles.